The summed E-state index contributed by atoms with van der Waals surface area (Å²) in [7, 11) is 0. The van der Waals surface area contributed by atoms with E-state index in [9.17, 15) is 27.6 Å². The van der Waals surface area contributed by atoms with Gasteiger partial charge in [0, 0.05) is 30.9 Å². The molecule has 8 nitrogen and oxygen atoms in total. The molecule has 0 bridgehead atoms. The van der Waals surface area contributed by atoms with Gasteiger partial charge in [-0.3, -0.25) is 25.1 Å². The first-order chi connectivity index (χ1) is 15.0. The van der Waals surface area contributed by atoms with Gasteiger partial charge >= 0.3 is 6.18 Å². The molecule has 1 aliphatic heterocycles. The van der Waals surface area contributed by atoms with E-state index in [-0.39, 0.29) is 35.7 Å². The SMILES string of the molecule is Cc1cc(C2CCN(C(=O)c3ccc(=O)[nH]c3)CC2)c(C(F)(F)F)cc1C(=O)NC(=N)N. The van der Waals surface area contributed by atoms with Gasteiger partial charge in [0.15, 0.2) is 5.96 Å². The molecular weight excluding hydrogens is 427 g/mol. The number of nitrogens with one attached hydrogen (secondary N) is 3. The van der Waals surface area contributed by atoms with Crippen molar-refractivity contribution in [1.82, 2.24) is 15.2 Å². The zero-order chi connectivity index (χ0) is 23.6. The van der Waals surface area contributed by atoms with Crippen molar-refractivity contribution in [2.45, 2.75) is 31.9 Å². The van der Waals surface area contributed by atoms with Gasteiger partial charge < -0.3 is 15.6 Å². The average Bonchev–Trinajstić information content (AvgIpc) is 2.72. The summed E-state index contributed by atoms with van der Waals surface area (Å²) in [6.07, 6.45) is -2.74. The maximum atomic E-state index is 13.8. The van der Waals surface area contributed by atoms with E-state index >= 15 is 0 Å². The third-order valence-corrected chi connectivity index (χ3v) is 5.45. The predicted octanol–water partition coefficient (Wildman–Crippen LogP) is 2.35. The number of halogens is 3. The number of hydrogen-bond acceptors (Lipinski definition) is 4. The quantitative estimate of drug-likeness (QED) is 0.423. The number of likely N-dealkylation sites (tertiary alicyclic amines) is 1. The highest BCUT2D eigenvalue weighted by atomic mass is 19.4. The van der Waals surface area contributed by atoms with Gasteiger partial charge in [-0.05, 0) is 48.9 Å². The third kappa shape index (κ3) is 4.98. The van der Waals surface area contributed by atoms with Crippen molar-refractivity contribution in [1.29, 1.82) is 5.41 Å². The van der Waals surface area contributed by atoms with Crippen LogP contribution in [0.5, 0.6) is 0 Å². The predicted molar refractivity (Wildman–Crippen MR) is 111 cm³/mol. The molecule has 1 aromatic carbocycles. The number of rotatable bonds is 3. The van der Waals surface area contributed by atoms with Crippen molar-refractivity contribution >= 4 is 17.8 Å². The second-order valence-corrected chi connectivity index (χ2v) is 7.63. The van der Waals surface area contributed by atoms with Crippen molar-refractivity contribution in [3.05, 3.63) is 68.6 Å². The lowest BCUT2D eigenvalue weighted by atomic mass is 9.84. The van der Waals surface area contributed by atoms with Gasteiger partial charge in [-0.2, -0.15) is 13.2 Å². The van der Waals surface area contributed by atoms with E-state index in [0.717, 1.165) is 6.07 Å². The summed E-state index contributed by atoms with van der Waals surface area (Å²) in [6, 6.07) is 4.79. The third-order valence-electron chi connectivity index (χ3n) is 5.45. The number of benzene rings is 1. The Hall–Kier alpha value is -3.63. The molecule has 3 rings (SSSR count). The number of piperidine rings is 1. The lowest BCUT2D eigenvalue weighted by Crippen LogP contribution is -2.38. The molecule has 0 saturated carbocycles. The van der Waals surface area contributed by atoms with Crippen LogP contribution in [0, 0.1) is 12.3 Å². The first-order valence-electron chi connectivity index (χ1n) is 9.82. The molecule has 2 heterocycles. The number of alkyl halides is 3. The van der Waals surface area contributed by atoms with Crippen LogP contribution in [-0.2, 0) is 6.18 Å². The van der Waals surface area contributed by atoms with Gasteiger partial charge in [0.2, 0.25) is 5.56 Å². The Bertz CT molecular complexity index is 1100. The molecule has 5 N–H and O–H groups in total. The van der Waals surface area contributed by atoms with Crippen LogP contribution in [-0.4, -0.2) is 40.7 Å². The van der Waals surface area contributed by atoms with Crippen LogP contribution in [0.15, 0.2) is 35.3 Å². The molecule has 0 spiro atoms. The summed E-state index contributed by atoms with van der Waals surface area (Å²) in [5.74, 6) is -2.29. The number of nitrogens with two attached hydrogens (primary N) is 1. The summed E-state index contributed by atoms with van der Waals surface area (Å²) >= 11 is 0. The number of carbonyl (C=O) groups excluding carboxylic acids is 2. The summed E-state index contributed by atoms with van der Waals surface area (Å²) in [6.45, 7) is 2.03. The van der Waals surface area contributed by atoms with Crippen LogP contribution < -0.4 is 16.6 Å². The molecule has 2 amide bonds. The second-order valence-electron chi connectivity index (χ2n) is 7.63. The monoisotopic (exact) mass is 449 g/mol. The number of carbonyl (C=O) groups is 2. The maximum absolute atomic E-state index is 13.8. The Morgan fingerprint density at radius 3 is 2.41 bits per heavy atom. The highest BCUT2D eigenvalue weighted by Gasteiger charge is 2.37. The summed E-state index contributed by atoms with van der Waals surface area (Å²) in [4.78, 5) is 39.9. The highest BCUT2D eigenvalue weighted by Crippen LogP contribution is 2.40. The molecule has 32 heavy (non-hydrogen) atoms. The number of aryl methyl sites for hydroxylation is 1. The largest absolute Gasteiger partial charge is 0.416 e. The first kappa shape index (κ1) is 23.0. The fraction of sp³-hybridized carbons (Fsp3) is 0.333. The topological polar surface area (TPSA) is 132 Å². The number of pyridine rings is 1. The molecular formula is C21H22F3N5O3. The molecule has 170 valence electrons. The van der Waals surface area contributed by atoms with Crippen LogP contribution in [0.4, 0.5) is 13.2 Å². The van der Waals surface area contributed by atoms with E-state index < -0.39 is 29.5 Å². The summed E-state index contributed by atoms with van der Waals surface area (Å²) < 4.78 is 41.4. The number of hydrogen-bond donors (Lipinski definition) is 4. The first-order valence-corrected chi connectivity index (χ1v) is 9.82. The Kier molecular flexibility index (Phi) is 6.37. The number of amides is 2. The highest BCUT2D eigenvalue weighted by molar-refractivity contribution is 6.05. The van der Waals surface area contributed by atoms with Crippen molar-refractivity contribution in [2.24, 2.45) is 5.73 Å². The molecule has 1 fully saturated rings. The van der Waals surface area contributed by atoms with Crippen LogP contribution in [0.1, 0.15) is 56.2 Å². The van der Waals surface area contributed by atoms with E-state index in [2.05, 4.69) is 4.98 Å². The minimum absolute atomic E-state index is 0.0746. The van der Waals surface area contributed by atoms with Gasteiger partial charge in [0.1, 0.15) is 0 Å². The van der Waals surface area contributed by atoms with Gasteiger partial charge in [-0.15, -0.1) is 0 Å². The molecule has 1 aliphatic rings. The van der Waals surface area contributed by atoms with Gasteiger partial charge in [-0.1, -0.05) is 6.07 Å². The molecule has 1 saturated heterocycles. The molecule has 0 radical (unpaired) electrons. The summed E-state index contributed by atoms with van der Waals surface area (Å²) in [5.41, 5.74) is 4.37. The summed E-state index contributed by atoms with van der Waals surface area (Å²) in [5, 5.41) is 9.13. The number of guanidine groups is 1. The van der Waals surface area contributed by atoms with E-state index in [4.69, 9.17) is 11.1 Å². The number of H-pyrrole nitrogens is 1. The Balaban J connectivity index is 1.83. The van der Waals surface area contributed by atoms with Gasteiger partial charge in [-0.25, -0.2) is 0 Å². The minimum Gasteiger partial charge on any atom is -0.370 e. The van der Waals surface area contributed by atoms with E-state index in [1.165, 1.54) is 31.3 Å². The molecule has 1 aromatic heterocycles. The molecule has 11 heteroatoms. The fourth-order valence-corrected chi connectivity index (χ4v) is 3.87. The lowest BCUT2D eigenvalue weighted by molar-refractivity contribution is -0.138. The van der Waals surface area contributed by atoms with Crippen molar-refractivity contribution in [3.63, 3.8) is 0 Å². The zero-order valence-electron chi connectivity index (χ0n) is 17.2. The Morgan fingerprint density at radius 1 is 1.22 bits per heavy atom. The van der Waals surface area contributed by atoms with Crippen LogP contribution in [0.25, 0.3) is 0 Å². The van der Waals surface area contributed by atoms with Crippen molar-refractivity contribution < 1.29 is 22.8 Å². The van der Waals surface area contributed by atoms with Crippen molar-refractivity contribution in [3.8, 4) is 0 Å². The second kappa shape index (κ2) is 8.85. The minimum atomic E-state index is -4.68. The zero-order valence-corrected chi connectivity index (χ0v) is 17.2. The van der Waals surface area contributed by atoms with Gasteiger partial charge in [0.05, 0.1) is 11.1 Å². The van der Waals surface area contributed by atoms with Crippen LogP contribution in [0.2, 0.25) is 0 Å². The smallest absolute Gasteiger partial charge is 0.370 e. The molecule has 0 unspecified atom stereocenters. The van der Waals surface area contributed by atoms with Crippen LogP contribution >= 0.6 is 0 Å². The normalized spacial score (nSPS) is 14.8. The molecule has 0 atom stereocenters. The fourth-order valence-electron chi connectivity index (χ4n) is 3.87. The standard InChI is InChI=1S/C21H22F3N5O3/c1-11-8-15(16(21(22,23)24)9-14(11)18(31)28-20(25)26)12-4-6-29(7-5-12)19(32)13-2-3-17(30)27-10-13/h2-3,8-10,12H,4-7H2,1H3,(H,27,30)(H4,25,26,28,31). The molecule has 0 aliphatic carbocycles. The number of nitrogens with zero attached hydrogens (tertiary/aromatic N) is 1. The number of aromatic nitrogens is 1. The average molecular weight is 449 g/mol. The van der Waals surface area contributed by atoms with Gasteiger partial charge in [0.25, 0.3) is 11.8 Å². The number of aromatic amines is 1. The lowest BCUT2D eigenvalue weighted by Gasteiger charge is -2.33. The van der Waals surface area contributed by atoms with Crippen molar-refractivity contribution in [2.75, 3.05) is 13.1 Å². The Morgan fingerprint density at radius 2 is 1.88 bits per heavy atom. The molecule has 2 aromatic rings. The van der Waals surface area contributed by atoms with Crippen LogP contribution in [0.3, 0.4) is 0 Å². The Labute approximate surface area is 181 Å². The van der Waals surface area contributed by atoms with E-state index in [1.807, 2.05) is 5.32 Å². The van der Waals surface area contributed by atoms with E-state index in [0.29, 0.717) is 24.0 Å². The van der Waals surface area contributed by atoms with E-state index in [1.54, 1.807) is 4.90 Å². The maximum Gasteiger partial charge on any atom is 0.416 e.